The van der Waals surface area contributed by atoms with E-state index in [1.165, 1.54) is 32.2 Å². The van der Waals surface area contributed by atoms with Gasteiger partial charge in [0, 0.05) is 25.3 Å². The van der Waals surface area contributed by atoms with E-state index in [0.717, 1.165) is 30.9 Å². The Labute approximate surface area is 102 Å². The molecule has 1 saturated carbocycles. The Morgan fingerprint density at radius 2 is 2.06 bits per heavy atom. The molecule has 2 heterocycles. The lowest BCUT2D eigenvalue weighted by molar-refractivity contribution is 0.381. The predicted molar refractivity (Wildman–Crippen MR) is 68.0 cm³/mol. The summed E-state index contributed by atoms with van der Waals surface area (Å²) in [5.74, 6) is 1.93. The molecule has 0 amide bonds. The minimum atomic E-state index is 0.842. The standard InChI is InChI=1S/C13H20N4/c1-2-12(1)15-9-11-4-7-17(8-5-11)13-3-6-14-10-16-13/h3,6,10-12,15H,1-2,4-5,7-9H2. The molecule has 4 nitrogen and oxygen atoms in total. The van der Waals surface area contributed by atoms with Gasteiger partial charge in [0.05, 0.1) is 0 Å². The number of hydrogen-bond acceptors (Lipinski definition) is 4. The average molecular weight is 232 g/mol. The molecule has 1 aromatic rings. The molecule has 0 bridgehead atoms. The number of anilines is 1. The van der Waals surface area contributed by atoms with Crippen LogP contribution in [-0.4, -0.2) is 35.6 Å². The molecule has 2 fully saturated rings. The van der Waals surface area contributed by atoms with Gasteiger partial charge in [-0.2, -0.15) is 0 Å². The minimum absolute atomic E-state index is 0.842. The van der Waals surface area contributed by atoms with E-state index < -0.39 is 0 Å². The number of aromatic nitrogens is 2. The number of hydrogen-bond donors (Lipinski definition) is 1. The Morgan fingerprint density at radius 1 is 1.24 bits per heavy atom. The smallest absolute Gasteiger partial charge is 0.131 e. The van der Waals surface area contributed by atoms with Gasteiger partial charge in [-0.25, -0.2) is 9.97 Å². The van der Waals surface area contributed by atoms with Gasteiger partial charge in [0.2, 0.25) is 0 Å². The highest BCUT2D eigenvalue weighted by atomic mass is 15.2. The quantitative estimate of drug-likeness (QED) is 0.853. The van der Waals surface area contributed by atoms with Gasteiger partial charge in [-0.15, -0.1) is 0 Å². The van der Waals surface area contributed by atoms with E-state index in [-0.39, 0.29) is 0 Å². The highest BCUT2D eigenvalue weighted by molar-refractivity contribution is 5.36. The van der Waals surface area contributed by atoms with Crippen LogP contribution in [0, 0.1) is 5.92 Å². The molecule has 17 heavy (non-hydrogen) atoms. The minimum Gasteiger partial charge on any atom is -0.357 e. The molecule has 0 aromatic carbocycles. The van der Waals surface area contributed by atoms with E-state index in [9.17, 15) is 0 Å². The van der Waals surface area contributed by atoms with Crippen LogP contribution in [0.4, 0.5) is 5.82 Å². The molecule has 0 atom stereocenters. The maximum atomic E-state index is 4.31. The summed E-state index contributed by atoms with van der Waals surface area (Å²) >= 11 is 0. The van der Waals surface area contributed by atoms with E-state index in [0.29, 0.717) is 0 Å². The maximum absolute atomic E-state index is 4.31. The van der Waals surface area contributed by atoms with Crippen LogP contribution in [0.25, 0.3) is 0 Å². The molecule has 92 valence electrons. The van der Waals surface area contributed by atoms with Crippen LogP contribution in [-0.2, 0) is 0 Å². The topological polar surface area (TPSA) is 41.0 Å². The molecule has 1 saturated heterocycles. The van der Waals surface area contributed by atoms with Crippen molar-refractivity contribution < 1.29 is 0 Å². The highest BCUT2D eigenvalue weighted by Gasteiger charge is 2.24. The van der Waals surface area contributed by atoms with Crippen LogP contribution < -0.4 is 10.2 Å². The SMILES string of the molecule is c1cc(N2CCC(CNC3CC3)CC2)ncn1. The molecule has 0 spiro atoms. The van der Waals surface area contributed by atoms with Gasteiger partial charge >= 0.3 is 0 Å². The second-order valence-electron chi connectivity index (χ2n) is 5.18. The Kier molecular flexibility index (Phi) is 3.22. The first-order valence-electron chi connectivity index (χ1n) is 6.66. The van der Waals surface area contributed by atoms with Crippen molar-refractivity contribution >= 4 is 5.82 Å². The molecular formula is C13H20N4. The van der Waals surface area contributed by atoms with Gasteiger partial charge in [-0.1, -0.05) is 0 Å². The third kappa shape index (κ3) is 2.94. The first-order valence-corrected chi connectivity index (χ1v) is 6.66. The molecule has 3 rings (SSSR count). The molecule has 2 aliphatic rings. The van der Waals surface area contributed by atoms with Crippen molar-refractivity contribution in [2.24, 2.45) is 5.92 Å². The summed E-state index contributed by atoms with van der Waals surface area (Å²) in [5.41, 5.74) is 0. The van der Waals surface area contributed by atoms with Crippen molar-refractivity contribution in [1.82, 2.24) is 15.3 Å². The number of nitrogens with one attached hydrogen (secondary N) is 1. The van der Waals surface area contributed by atoms with E-state index >= 15 is 0 Å². The van der Waals surface area contributed by atoms with E-state index in [1.54, 1.807) is 6.33 Å². The first-order chi connectivity index (χ1) is 8.42. The van der Waals surface area contributed by atoms with Crippen molar-refractivity contribution in [3.8, 4) is 0 Å². The normalized spacial score (nSPS) is 21.8. The monoisotopic (exact) mass is 232 g/mol. The zero-order chi connectivity index (χ0) is 11.5. The third-order valence-electron chi connectivity index (χ3n) is 3.78. The molecule has 1 aliphatic heterocycles. The summed E-state index contributed by atoms with van der Waals surface area (Å²) in [7, 11) is 0. The van der Waals surface area contributed by atoms with Crippen LogP contribution in [0.5, 0.6) is 0 Å². The molecule has 0 unspecified atom stereocenters. The predicted octanol–water partition coefficient (Wildman–Crippen LogP) is 1.45. The Morgan fingerprint density at radius 3 is 2.71 bits per heavy atom. The van der Waals surface area contributed by atoms with E-state index in [1.807, 2.05) is 12.3 Å². The second kappa shape index (κ2) is 5.00. The molecule has 0 radical (unpaired) electrons. The Hall–Kier alpha value is -1.16. The molecular weight excluding hydrogens is 212 g/mol. The van der Waals surface area contributed by atoms with Gasteiger partial charge in [0.15, 0.2) is 0 Å². The first kappa shape index (κ1) is 11.0. The van der Waals surface area contributed by atoms with E-state index in [4.69, 9.17) is 0 Å². The summed E-state index contributed by atoms with van der Waals surface area (Å²) < 4.78 is 0. The lowest BCUT2D eigenvalue weighted by Gasteiger charge is -2.32. The fourth-order valence-corrected chi connectivity index (χ4v) is 2.46. The summed E-state index contributed by atoms with van der Waals surface area (Å²) in [6.07, 6.45) is 8.80. The average Bonchev–Trinajstić information content (AvgIpc) is 3.22. The van der Waals surface area contributed by atoms with Gasteiger partial charge in [-0.3, -0.25) is 0 Å². The second-order valence-corrected chi connectivity index (χ2v) is 5.18. The Balaban J connectivity index is 1.46. The zero-order valence-corrected chi connectivity index (χ0v) is 10.2. The number of rotatable bonds is 4. The van der Waals surface area contributed by atoms with E-state index in [2.05, 4.69) is 20.2 Å². The lowest BCUT2D eigenvalue weighted by atomic mass is 9.97. The zero-order valence-electron chi connectivity index (χ0n) is 10.2. The maximum Gasteiger partial charge on any atom is 0.131 e. The fraction of sp³-hybridized carbons (Fsp3) is 0.692. The van der Waals surface area contributed by atoms with Gasteiger partial charge < -0.3 is 10.2 Å². The van der Waals surface area contributed by atoms with Crippen molar-refractivity contribution in [2.75, 3.05) is 24.5 Å². The van der Waals surface area contributed by atoms with Crippen molar-refractivity contribution in [1.29, 1.82) is 0 Å². The third-order valence-corrected chi connectivity index (χ3v) is 3.78. The van der Waals surface area contributed by atoms with Crippen molar-refractivity contribution in [3.63, 3.8) is 0 Å². The number of nitrogens with zero attached hydrogens (tertiary/aromatic N) is 3. The van der Waals surface area contributed by atoms with Crippen molar-refractivity contribution in [3.05, 3.63) is 18.6 Å². The van der Waals surface area contributed by atoms with Gasteiger partial charge in [-0.05, 0) is 44.2 Å². The Bertz CT molecular complexity index is 342. The van der Waals surface area contributed by atoms with Crippen LogP contribution in [0.2, 0.25) is 0 Å². The summed E-state index contributed by atoms with van der Waals surface area (Å²) in [6.45, 7) is 3.48. The fourth-order valence-electron chi connectivity index (χ4n) is 2.46. The summed E-state index contributed by atoms with van der Waals surface area (Å²) in [5, 5.41) is 3.64. The highest BCUT2D eigenvalue weighted by Crippen LogP contribution is 2.23. The van der Waals surface area contributed by atoms with Gasteiger partial charge in [0.25, 0.3) is 0 Å². The van der Waals surface area contributed by atoms with Crippen LogP contribution in [0.1, 0.15) is 25.7 Å². The summed E-state index contributed by atoms with van der Waals surface area (Å²) in [6, 6.07) is 2.85. The van der Waals surface area contributed by atoms with Crippen LogP contribution in [0.15, 0.2) is 18.6 Å². The van der Waals surface area contributed by atoms with Crippen molar-refractivity contribution in [2.45, 2.75) is 31.7 Å². The molecule has 1 N–H and O–H groups in total. The van der Waals surface area contributed by atoms with Crippen LogP contribution >= 0.6 is 0 Å². The largest absolute Gasteiger partial charge is 0.357 e. The van der Waals surface area contributed by atoms with Crippen LogP contribution in [0.3, 0.4) is 0 Å². The molecule has 1 aromatic heterocycles. The lowest BCUT2D eigenvalue weighted by Crippen LogP contribution is -2.38. The summed E-state index contributed by atoms with van der Waals surface area (Å²) in [4.78, 5) is 10.6. The van der Waals surface area contributed by atoms with Gasteiger partial charge in [0.1, 0.15) is 12.1 Å². The molecule has 4 heteroatoms. The number of piperidine rings is 1. The molecule has 1 aliphatic carbocycles.